The van der Waals surface area contributed by atoms with Crippen LogP contribution in [-0.4, -0.2) is 23.6 Å². The van der Waals surface area contributed by atoms with E-state index in [1.807, 2.05) is 13.0 Å². The molecule has 0 aliphatic heterocycles. The first-order valence-corrected chi connectivity index (χ1v) is 7.40. The Morgan fingerprint density at radius 2 is 2.10 bits per heavy atom. The number of anilines is 1. The van der Waals surface area contributed by atoms with Gasteiger partial charge in [0.15, 0.2) is 5.84 Å². The van der Waals surface area contributed by atoms with Crippen LogP contribution in [0.15, 0.2) is 23.4 Å². The first-order chi connectivity index (χ1) is 9.54. The van der Waals surface area contributed by atoms with Crippen LogP contribution in [0.1, 0.15) is 51.2 Å². The highest BCUT2D eigenvalue weighted by Crippen LogP contribution is 2.25. The molecule has 1 unspecified atom stereocenters. The van der Waals surface area contributed by atoms with Crippen molar-refractivity contribution >= 4 is 11.5 Å². The summed E-state index contributed by atoms with van der Waals surface area (Å²) in [6, 6.07) is 6.55. The van der Waals surface area contributed by atoms with E-state index in [1.165, 1.54) is 0 Å². The van der Waals surface area contributed by atoms with Gasteiger partial charge in [-0.05, 0) is 38.8 Å². The van der Waals surface area contributed by atoms with Gasteiger partial charge >= 0.3 is 0 Å². The fourth-order valence-electron chi connectivity index (χ4n) is 2.29. The highest BCUT2D eigenvalue weighted by molar-refractivity contribution is 6.02. The Hall–Kier alpha value is -1.71. The Balaban J connectivity index is 3.24. The van der Waals surface area contributed by atoms with Crippen molar-refractivity contribution in [2.75, 3.05) is 11.4 Å². The lowest BCUT2D eigenvalue weighted by Crippen LogP contribution is -2.35. The number of unbranched alkanes of at least 4 members (excludes halogenated alkanes) is 1. The number of oxime groups is 1. The summed E-state index contributed by atoms with van der Waals surface area (Å²) < 4.78 is 0. The first kappa shape index (κ1) is 16.3. The van der Waals surface area contributed by atoms with Crippen LogP contribution in [0.3, 0.4) is 0 Å². The Morgan fingerprint density at radius 1 is 1.40 bits per heavy atom. The highest BCUT2D eigenvalue weighted by Gasteiger charge is 2.18. The van der Waals surface area contributed by atoms with Crippen molar-refractivity contribution in [2.24, 2.45) is 10.9 Å². The van der Waals surface area contributed by atoms with Crippen LogP contribution in [0.2, 0.25) is 0 Å². The van der Waals surface area contributed by atoms with E-state index in [4.69, 9.17) is 10.9 Å². The molecule has 0 amide bonds. The van der Waals surface area contributed by atoms with Gasteiger partial charge in [-0.2, -0.15) is 0 Å². The Kier molecular flexibility index (Phi) is 6.36. The van der Waals surface area contributed by atoms with Gasteiger partial charge in [0.25, 0.3) is 0 Å². The van der Waals surface area contributed by atoms with Crippen molar-refractivity contribution in [2.45, 2.75) is 53.0 Å². The molecule has 112 valence electrons. The second kappa shape index (κ2) is 7.78. The smallest absolute Gasteiger partial charge is 0.172 e. The van der Waals surface area contributed by atoms with Crippen molar-refractivity contribution in [3.05, 3.63) is 29.3 Å². The Bertz CT molecular complexity index is 457. The van der Waals surface area contributed by atoms with Crippen LogP contribution in [0.5, 0.6) is 0 Å². The number of nitrogens with zero attached hydrogens (tertiary/aromatic N) is 2. The summed E-state index contributed by atoms with van der Waals surface area (Å²) in [6.07, 6.45) is 3.35. The molecular weight excluding hydrogens is 250 g/mol. The molecule has 4 heteroatoms. The maximum Gasteiger partial charge on any atom is 0.172 e. The molecular formula is C16H27N3O. The van der Waals surface area contributed by atoms with E-state index in [0.717, 1.165) is 42.6 Å². The summed E-state index contributed by atoms with van der Waals surface area (Å²) >= 11 is 0. The second-order valence-electron chi connectivity index (χ2n) is 5.31. The van der Waals surface area contributed by atoms with Crippen molar-refractivity contribution in [3.63, 3.8) is 0 Å². The summed E-state index contributed by atoms with van der Waals surface area (Å²) in [5.74, 6) is 0.175. The van der Waals surface area contributed by atoms with E-state index in [-0.39, 0.29) is 5.84 Å². The van der Waals surface area contributed by atoms with E-state index in [1.54, 1.807) is 0 Å². The predicted octanol–water partition coefficient (Wildman–Crippen LogP) is 3.49. The second-order valence-corrected chi connectivity index (χ2v) is 5.31. The molecule has 0 aliphatic carbocycles. The van der Waals surface area contributed by atoms with Crippen LogP contribution < -0.4 is 10.6 Å². The molecule has 1 aromatic rings. The van der Waals surface area contributed by atoms with Gasteiger partial charge in [0, 0.05) is 23.8 Å². The fourth-order valence-corrected chi connectivity index (χ4v) is 2.29. The maximum absolute atomic E-state index is 9.00. The molecule has 0 fully saturated rings. The van der Waals surface area contributed by atoms with Crippen LogP contribution in [0.25, 0.3) is 0 Å². The quantitative estimate of drug-likeness (QED) is 0.347. The van der Waals surface area contributed by atoms with Crippen molar-refractivity contribution in [3.8, 4) is 0 Å². The van der Waals surface area contributed by atoms with Crippen LogP contribution >= 0.6 is 0 Å². The molecule has 0 saturated carbocycles. The minimum Gasteiger partial charge on any atom is -0.409 e. The Labute approximate surface area is 122 Å². The highest BCUT2D eigenvalue weighted by atomic mass is 16.4. The van der Waals surface area contributed by atoms with Gasteiger partial charge in [-0.15, -0.1) is 0 Å². The lowest BCUT2D eigenvalue weighted by atomic mass is 10.0. The van der Waals surface area contributed by atoms with E-state index < -0.39 is 0 Å². The zero-order chi connectivity index (χ0) is 15.1. The van der Waals surface area contributed by atoms with E-state index >= 15 is 0 Å². The number of benzene rings is 1. The molecule has 0 spiro atoms. The summed E-state index contributed by atoms with van der Waals surface area (Å²) in [5.41, 5.74) is 8.81. The summed E-state index contributed by atoms with van der Waals surface area (Å²) in [6.45, 7) is 9.58. The van der Waals surface area contributed by atoms with Gasteiger partial charge in [0.1, 0.15) is 0 Å². The predicted molar refractivity (Wildman–Crippen MR) is 85.7 cm³/mol. The zero-order valence-electron chi connectivity index (χ0n) is 13.1. The van der Waals surface area contributed by atoms with E-state index in [9.17, 15) is 0 Å². The van der Waals surface area contributed by atoms with Gasteiger partial charge in [-0.25, -0.2) is 0 Å². The van der Waals surface area contributed by atoms with Crippen molar-refractivity contribution < 1.29 is 5.21 Å². The summed E-state index contributed by atoms with van der Waals surface area (Å²) in [5, 5.41) is 12.2. The number of hydrogen-bond donors (Lipinski definition) is 2. The number of aryl methyl sites for hydroxylation is 1. The first-order valence-electron chi connectivity index (χ1n) is 7.40. The molecule has 0 bridgehead atoms. The number of hydrogen-bond acceptors (Lipinski definition) is 3. The molecule has 0 aromatic heterocycles. The van der Waals surface area contributed by atoms with Gasteiger partial charge in [0.05, 0.1) is 0 Å². The van der Waals surface area contributed by atoms with Gasteiger partial charge in [-0.1, -0.05) is 37.1 Å². The van der Waals surface area contributed by atoms with Crippen LogP contribution in [0, 0.1) is 6.92 Å². The molecule has 0 aliphatic rings. The average Bonchev–Trinajstić information content (AvgIpc) is 2.47. The summed E-state index contributed by atoms with van der Waals surface area (Å²) in [7, 11) is 0. The fraction of sp³-hybridized carbons (Fsp3) is 0.562. The molecule has 1 aromatic carbocycles. The third-order valence-corrected chi connectivity index (χ3v) is 3.72. The largest absolute Gasteiger partial charge is 0.409 e. The van der Waals surface area contributed by atoms with Gasteiger partial charge in [0.2, 0.25) is 0 Å². The number of amidine groups is 1. The molecule has 0 saturated heterocycles. The van der Waals surface area contributed by atoms with Crippen molar-refractivity contribution in [1.82, 2.24) is 0 Å². The molecule has 4 nitrogen and oxygen atoms in total. The minimum absolute atomic E-state index is 0.175. The molecule has 0 radical (unpaired) electrons. The molecule has 1 rings (SSSR count). The third-order valence-electron chi connectivity index (χ3n) is 3.72. The van der Waals surface area contributed by atoms with Gasteiger partial charge < -0.3 is 15.8 Å². The zero-order valence-corrected chi connectivity index (χ0v) is 13.1. The molecule has 20 heavy (non-hydrogen) atoms. The standard InChI is InChI=1S/C16H27N3O/c1-5-7-10-19(13(4)6-2)15-9-8-12(3)11-14(15)16(17)18-20/h8-9,11,13,20H,5-7,10H2,1-4H3,(H2,17,18). The normalized spacial score (nSPS) is 13.3. The molecule has 1 atom stereocenters. The monoisotopic (exact) mass is 277 g/mol. The third kappa shape index (κ3) is 3.89. The molecule has 3 N–H and O–H groups in total. The van der Waals surface area contributed by atoms with Crippen LogP contribution in [0.4, 0.5) is 5.69 Å². The molecule has 0 heterocycles. The summed E-state index contributed by atoms with van der Waals surface area (Å²) in [4.78, 5) is 2.36. The minimum atomic E-state index is 0.175. The van der Waals surface area contributed by atoms with E-state index in [0.29, 0.717) is 6.04 Å². The maximum atomic E-state index is 9.00. The number of rotatable bonds is 7. The topological polar surface area (TPSA) is 61.8 Å². The SMILES string of the molecule is CCCCN(c1ccc(C)cc1/C(N)=N/O)C(C)CC. The lowest BCUT2D eigenvalue weighted by Gasteiger charge is -2.32. The van der Waals surface area contributed by atoms with E-state index in [2.05, 4.69) is 43.0 Å². The average molecular weight is 277 g/mol. The lowest BCUT2D eigenvalue weighted by molar-refractivity contribution is 0.318. The number of nitrogens with two attached hydrogens (primary N) is 1. The van der Waals surface area contributed by atoms with Gasteiger partial charge in [-0.3, -0.25) is 0 Å². The van der Waals surface area contributed by atoms with Crippen molar-refractivity contribution in [1.29, 1.82) is 0 Å². The Morgan fingerprint density at radius 3 is 2.65 bits per heavy atom. The van der Waals surface area contributed by atoms with Crippen LogP contribution in [-0.2, 0) is 0 Å².